The predicted molar refractivity (Wildman–Crippen MR) is 117 cm³/mol. The number of nitrogens with one attached hydrogen (secondary N) is 2. The molecular formula is C22H26N4O3S. The fourth-order valence-electron chi connectivity index (χ4n) is 3.87. The zero-order chi connectivity index (χ0) is 20.9. The van der Waals surface area contributed by atoms with Gasteiger partial charge < -0.3 is 19.6 Å². The lowest BCUT2D eigenvalue weighted by Gasteiger charge is -2.32. The number of likely N-dealkylation sites (tertiary alicyclic amines) is 1. The number of benzene rings is 1. The van der Waals surface area contributed by atoms with Gasteiger partial charge in [-0.1, -0.05) is 12.1 Å². The summed E-state index contributed by atoms with van der Waals surface area (Å²) in [4.78, 5) is 35.4. The smallest absolute Gasteiger partial charge is 0.289 e. The molecule has 0 spiro atoms. The molecule has 0 aliphatic carbocycles. The minimum atomic E-state index is -0.237. The normalized spacial score (nSPS) is 17.8. The summed E-state index contributed by atoms with van der Waals surface area (Å²) < 4.78 is 5.23. The third kappa shape index (κ3) is 4.53. The van der Waals surface area contributed by atoms with Gasteiger partial charge in [0.2, 0.25) is 5.91 Å². The van der Waals surface area contributed by atoms with Gasteiger partial charge in [0.1, 0.15) is 5.82 Å². The molecule has 2 aromatic heterocycles. The highest BCUT2D eigenvalue weighted by molar-refractivity contribution is 7.98. The number of H-pyrrole nitrogens is 1. The summed E-state index contributed by atoms with van der Waals surface area (Å²) in [6, 6.07) is 11.0. The minimum absolute atomic E-state index is 0.0292. The molecule has 2 amide bonds. The van der Waals surface area contributed by atoms with Crippen LogP contribution in [0.4, 0.5) is 0 Å². The van der Waals surface area contributed by atoms with E-state index >= 15 is 0 Å². The third-order valence-electron chi connectivity index (χ3n) is 5.48. The van der Waals surface area contributed by atoms with Crippen molar-refractivity contribution in [3.05, 3.63) is 54.2 Å². The first kappa shape index (κ1) is 20.5. The molecule has 0 saturated carbocycles. The molecule has 1 aromatic carbocycles. The zero-order valence-electron chi connectivity index (χ0n) is 17.0. The number of hydrogen-bond acceptors (Lipinski definition) is 5. The van der Waals surface area contributed by atoms with E-state index in [0.717, 1.165) is 41.9 Å². The second-order valence-corrected chi connectivity index (χ2v) is 8.54. The number of piperidine rings is 1. The molecule has 0 bridgehead atoms. The molecule has 158 valence electrons. The summed E-state index contributed by atoms with van der Waals surface area (Å²) in [5.41, 5.74) is 1.85. The van der Waals surface area contributed by atoms with E-state index in [2.05, 4.69) is 21.5 Å². The van der Waals surface area contributed by atoms with Gasteiger partial charge in [0.15, 0.2) is 5.76 Å². The van der Waals surface area contributed by atoms with Crippen LogP contribution in [-0.4, -0.2) is 51.8 Å². The topological polar surface area (TPSA) is 91.2 Å². The number of furan rings is 1. The van der Waals surface area contributed by atoms with Crippen molar-refractivity contribution in [1.82, 2.24) is 20.2 Å². The van der Waals surface area contributed by atoms with Crippen molar-refractivity contribution in [3.63, 3.8) is 0 Å². The molecule has 30 heavy (non-hydrogen) atoms. The number of thioether (sulfide) groups is 1. The summed E-state index contributed by atoms with van der Waals surface area (Å²) in [6.07, 6.45) is 5.89. The lowest BCUT2D eigenvalue weighted by Crippen LogP contribution is -2.46. The zero-order valence-corrected chi connectivity index (χ0v) is 17.8. The molecular weight excluding hydrogens is 400 g/mol. The van der Waals surface area contributed by atoms with Gasteiger partial charge in [0, 0.05) is 13.1 Å². The number of fused-ring (bicyclic) bond motifs is 1. The van der Waals surface area contributed by atoms with Crippen molar-refractivity contribution < 1.29 is 14.0 Å². The molecule has 1 saturated heterocycles. The highest BCUT2D eigenvalue weighted by atomic mass is 32.2. The standard InChI is InChI=1S/C22H26N4O3S/c1-30-13-10-18(20-23-16-7-2-3-8-17(16)24-20)25-21(27)15-6-4-11-26(14-15)22(28)19-9-5-12-29-19/h2-3,5,7-9,12,15,18H,4,6,10-11,13-14H2,1H3,(H,23,24)(H,25,27). The van der Waals surface area contributed by atoms with Crippen LogP contribution in [0.3, 0.4) is 0 Å². The number of carbonyl (C=O) groups is 2. The number of imidazole rings is 1. The summed E-state index contributed by atoms with van der Waals surface area (Å²) in [5, 5.41) is 3.19. The Labute approximate surface area is 179 Å². The molecule has 8 heteroatoms. The quantitative estimate of drug-likeness (QED) is 0.602. The monoisotopic (exact) mass is 426 g/mol. The molecule has 0 radical (unpaired) electrons. The Morgan fingerprint density at radius 1 is 1.33 bits per heavy atom. The Kier molecular flexibility index (Phi) is 6.42. The fourth-order valence-corrected chi connectivity index (χ4v) is 4.34. The predicted octanol–water partition coefficient (Wildman–Crippen LogP) is 3.62. The SMILES string of the molecule is CSCCC(NC(=O)C1CCCN(C(=O)c2ccco2)C1)c1nc2ccccc2[nH]1. The molecule has 1 aliphatic heterocycles. The molecule has 3 aromatic rings. The number of amides is 2. The molecule has 7 nitrogen and oxygen atoms in total. The van der Waals surface area contributed by atoms with Crippen LogP contribution in [0.5, 0.6) is 0 Å². The molecule has 4 rings (SSSR count). The number of carbonyl (C=O) groups excluding carboxylic acids is 2. The van der Waals surface area contributed by atoms with Crippen molar-refractivity contribution >= 4 is 34.6 Å². The minimum Gasteiger partial charge on any atom is -0.459 e. The van der Waals surface area contributed by atoms with E-state index in [-0.39, 0.29) is 23.8 Å². The van der Waals surface area contributed by atoms with E-state index in [1.54, 1.807) is 28.8 Å². The first-order chi connectivity index (χ1) is 14.7. The highest BCUT2D eigenvalue weighted by Crippen LogP contribution is 2.23. The van der Waals surface area contributed by atoms with Gasteiger partial charge in [-0.2, -0.15) is 11.8 Å². The lowest BCUT2D eigenvalue weighted by atomic mass is 9.96. The summed E-state index contributed by atoms with van der Waals surface area (Å²) >= 11 is 1.74. The van der Waals surface area contributed by atoms with Gasteiger partial charge in [-0.05, 0) is 55.5 Å². The molecule has 1 fully saturated rings. The molecule has 3 heterocycles. The van der Waals surface area contributed by atoms with Gasteiger partial charge in [-0.25, -0.2) is 4.98 Å². The summed E-state index contributed by atoms with van der Waals surface area (Å²) in [7, 11) is 0. The average Bonchev–Trinajstić information content (AvgIpc) is 3.46. The Hall–Kier alpha value is -2.74. The van der Waals surface area contributed by atoms with E-state index < -0.39 is 0 Å². The Morgan fingerprint density at radius 3 is 2.97 bits per heavy atom. The summed E-state index contributed by atoms with van der Waals surface area (Å²) in [6.45, 7) is 1.05. The Bertz CT molecular complexity index is 968. The van der Waals surface area contributed by atoms with Gasteiger partial charge in [-0.15, -0.1) is 0 Å². The van der Waals surface area contributed by atoms with E-state index in [9.17, 15) is 9.59 Å². The fraction of sp³-hybridized carbons (Fsp3) is 0.409. The van der Waals surface area contributed by atoms with Crippen LogP contribution < -0.4 is 5.32 Å². The first-order valence-corrected chi connectivity index (χ1v) is 11.6. The maximum atomic E-state index is 13.1. The van der Waals surface area contributed by atoms with Crippen molar-refractivity contribution in [1.29, 1.82) is 0 Å². The van der Waals surface area contributed by atoms with E-state index in [1.165, 1.54) is 6.26 Å². The Balaban J connectivity index is 1.45. The van der Waals surface area contributed by atoms with Crippen molar-refractivity contribution in [2.45, 2.75) is 25.3 Å². The maximum absolute atomic E-state index is 13.1. The largest absolute Gasteiger partial charge is 0.459 e. The number of aromatic amines is 1. The number of para-hydroxylation sites is 2. The van der Waals surface area contributed by atoms with Crippen molar-refractivity contribution in [2.24, 2.45) is 5.92 Å². The van der Waals surface area contributed by atoms with Crippen LogP contribution in [0.1, 0.15) is 41.7 Å². The van der Waals surface area contributed by atoms with E-state index in [4.69, 9.17) is 4.42 Å². The number of rotatable bonds is 7. The van der Waals surface area contributed by atoms with Gasteiger partial charge in [-0.3, -0.25) is 9.59 Å². The summed E-state index contributed by atoms with van der Waals surface area (Å²) in [5.74, 6) is 1.58. The van der Waals surface area contributed by atoms with E-state index in [0.29, 0.717) is 18.8 Å². The van der Waals surface area contributed by atoms with Crippen LogP contribution in [-0.2, 0) is 4.79 Å². The highest BCUT2D eigenvalue weighted by Gasteiger charge is 2.31. The number of aromatic nitrogens is 2. The van der Waals surface area contributed by atoms with Crippen LogP contribution in [0.25, 0.3) is 11.0 Å². The van der Waals surface area contributed by atoms with Gasteiger partial charge in [0.25, 0.3) is 5.91 Å². The first-order valence-electron chi connectivity index (χ1n) is 10.2. The van der Waals surface area contributed by atoms with Crippen molar-refractivity contribution in [3.8, 4) is 0 Å². The second kappa shape index (κ2) is 9.38. The van der Waals surface area contributed by atoms with E-state index in [1.807, 2.05) is 24.3 Å². The second-order valence-electron chi connectivity index (χ2n) is 7.55. The Morgan fingerprint density at radius 2 is 2.20 bits per heavy atom. The number of nitrogens with zero attached hydrogens (tertiary/aromatic N) is 2. The van der Waals surface area contributed by atoms with Gasteiger partial charge in [0.05, 0.1) is 29.3 Å². The molecule has 2 N–H and O–H groups in total. The third-order valence-corrected chi connectivity index (χ3v) is 6.12. The molecule has 2 atom stereocenters. The number of hydrogen-bond donors (Lipinski definition) is 2. The van der Waals surface area contributed by atoms with Crippen LogP contribution >= 0.6 is 11.8 Å². The lowest BCUT2D eigenvalue weighted by molar-refractivity contribution is -0.127. The van der Waals surface area contributed by atoms with Crippen molar-refractivity contribution in [2.75, 3.05) is 25.1 Å². The van der Waals surface area contributed by atoms with Crippen LogP contribution in [0.15, 0.2) is 47.1 Å². The molecule has 1 aliphatic rings. The molecule has 2 unspecified atom stereocenters. The van der Waals surface area contributed by atoms with Crippen LogP contribution in [0.2, 0.25) is 0 Å². The van der Waals surface area contributed by atoms with Gasteiger partial charge >= 0.3 is 0 Å². The van der Waals surface area contributed by atoms with Crippen LogP contribution in [0, 0.1) is 5.92 Å². The average molecular weight is 427 g/mol. The maximum Gasteiger partial charge on any atom is 0.289 e.